The number of aromatic nitrogens is 3. The summed E-state index contributed by atoms with van der Waals surface area (Å²) in [7, 11) is 0. The molecule has 2 aromatic heterocycles. The Hall–Kier alpha value is -0.940. The van der Waals surface area contributed by atoms with Gasteiger partial charge in [-0.25, -0.2) is 0 Å². The molecule has 2 heterocycles. The Labute approximate surface area is 79.4 Å². The van der Waals surface area contributed by atoms with Crippen LogP contribution in [-0.4, -0.2) is 14.6 Å². The van der Waals surface area contributed by atoms with Gasteiger partial charge in [-0.3, -0.25) is 4.40 Å². The number of thiazole rings is 1. The van der Waals surface area contributed by atoms with Crippen molar-refractivity contribution in [2.24, 2.45) is 5.73 Å². The maximum Gasteiger partial charge on any atom is 0.216 e. The van der Waals surface area contributed by atoms with E-state index in [9.17, 15) is 0 Å². The molecule has 0 spiro atoms. The lowest BCUT2D eigenvalue weighted by Gasteiger charge is -1.96. The second kappa shape index (κ2) is 2.52. The largest absolute Gasteiger partial charge is 0.325 e. The molecule has 4 nitrogen and oxygen atoms in total. The van der Waals surface area contributed by atoms with E-state index >= 15 is 0 Å². The summed E-state index contributed by atoms with van der Waals surface area (Å²) in [6.45, 7) is 0.567. The van der Waals surface area contributed by atoms with Crippen molar-refractivity contribution in [3.63, 3.8) is 0 Å². The molecular weight excluding hydrogens is 184 g/mol. The van der Waals surface area contributed by atoms with Crippen LogP contribution in [0.1, 0.15) is 30.3 Å². The predicted molar refractivity (Wildman–Crippen MR) is 50.7 cm³/mol. The second-order valence-corrected chi connectivity index (χ2v) is 4.22. The zero-order valence-electron chi connectivity index (χ0n) is 7.10. The quantitative estimate of drug-likeness (QED) is 0.779. The number of nitrogens with two attached hydrogens (primary N) is 1. The summed E-state index contributed by atoms with van der Waals surface area (Å²) in [5, 5.41) is 10.4. The molecule has 2 aromatic rings. The molecule has 0 unspecified atom stereocenters. The molecule has 5 heteroatoms. The van der Waals surface area contributed by atoms with E-state index in [0.717, 1.165) is 16.5 Å². The molecule has 1 saturated carbocycles. The summed E-state index contributed by atoms with van der Waals surface area (Å²) < 4.78 is 2.11. The van der Waals surface area contributed by atoms with Gasteiger partial charge in [0.1, 0.15) is 5.82 Å². The first-order valence-corrected chi connectivity index (χ1v) is 5.29. The van der Waals surface area contributed by atoms with Crippen molar-refractivity contribution in [3.05, 3.63) is 16.9 Å². The minimum Gasteiger partial charge on any atom is -0.325 e. The zero-order valence-corrected chi connectivity index (χ0v) is 7.92. The summed E-state index contributed by atoms with van der Waals surface area (Å²) in [6.07, 6.45) is 2.50. The van der Waals surface area contributed by atoms with Crippen molar-refractivity contribution in [1.29, 1.82) is 0 Å². The standard InChI is InChI=1S/C8H10N4S/c9-3-6-4-13-8-11-10-7(12(6)8)5-1-2-5/h4-5H,1-3,9H2. The normalized spacial score (nSPS) is 17.0. The van der Waals surface area contributed by atoms with Gasteiger partial charge in [-0.05, 0) is 12.8 Å². The maximum atomic E-state index is 5.64. The van der Waals surface area contributed by atoms with Crippen LogP contribution in [0, 0.1) is 0 Å². The molecule has 2 N–H and O–H groups in total. The van der Waals surface area contributed by atoms with Gasteiger partial charge in [0.15, 0.2) is 0 Å². The molecule has 0 aromatic carbocycles. The summed E-state index contributed by atoms with van der Waals surface area (Å²) in [6, 6.07) is 0. The maximum absolute atomic E-state index is 5.64. The van der Waals surface area contributed by atoms with E-state index in [2.05, 4.69) is 20.0 Å². The van der Waals surface area contributed by atoms with Crippen LogP contribution in [0.3, 0.4) is 0 Å². The van der Waals surface area contributed by atoms with E-state index in [1.165, 1.54) is 12.8 Å². The predicted octanol–water partition coefficient (Wildman–Crippen LogP) is 1.13. The molecule has 0 aliphatic heterocycles. The molecule has 13 heavy (non-hydrogen) atoms. The van der Waals surface area contributed by atoms with Gasteiger partial charge >= 0.3 is 0 Å². The summed E-state index contributed by atoms with van der Waals surface area (Å²) in [5.74, 6) is 1.74. The van der Waals surface area contributed by atoms with Gasteiger partial charge < -0.3 is 5.73 Å². The van der Waals surface area contributed by atoms with Crippen LogP contribution in [0.15, 0.2) is 5.38 Å². The number of hydrogen-bond acceptors (Lipinski definition) is 4. The lowest BCUT2D eigenvalue weighted by atomic mass is 10.4. The van der Waals surface area contributed by atoms with Crippen LogP contribution in [-0.2, 0) is 6.54 Å². The third-order valence-corrected chi connectivity index (χ3v) is 3.26. The van der Waals surface area contributed by atoms with E-state index in [4.69, 9.17) is 5.73 Å². The van der Waals surface area contributed by atoms with Crippen LogP contribution in [0.4, 0.5) is 0 Å². The lowest BCUT2D eigenvalue weighted by molar-refractivity contribution is 0.854. The van der Waals surface area contributed by atoms with Gasteiger partial charge in [0, 0.05) is 17.8 Å². The van der Waals surface area contributed by atoms with Crippen LogP contribution in [0.5, 0.6) is 0 Å². The fourth-order valence-corrected chi connectivity index (χ4v) is 2.39. The van der Waals surface area contributed by atoms with E-state index in [1.807, 2.05) is 0 Å². The van der Waals surface area contributed by atoms with E-state index < -0.39 is 0 Å². The summed E-state index contributed by atoms with van der Waals surface area (Å²) >= 11 is 1.61. The molecule has 1 fully saturated rings. The summed E-state index contributed by atoms with van der Waals surface area (Å²) in [5.41, 5.74) is 6.77. The van der Waals surface area contributed by atoms with Crippen molar-refractivity contribution >= 4 is 16.3 Å². The highest BCUT2D eigenvalue weighted by molar-refractivity contribution is 7.15. The van der Waals surface area contributed by atoms with Gasteiger partial charge in [-0.2, -0.15) is 0 Å². The number of fused-ring (bicyclic) bond motifs is 1. The Morgan fingerprint density at radius 1 is 1.54 bits per heavy atom. The van der Waals surface area contributed by atoms with Crippen LogP contribution < -0.4 is 5.73 Å². The monoisotopic (exact) mass is 194 g/mol. The second-order valence-electron chi connectivity index (χ2n) is 3.38. The Morgan fingerprint density at radius 2 is 2.38 bits per heavy atom. The first kappa shape index (κ1) is 7.46. The average Bonchev–Trinajstić information content (AvgIpc) is 2.78. The summed E-state index contributed by atoms with van der Waals surface area (Å²) in [4.78, 5) is 0.974. The number of nitrogens with zero attached hydrogens (tertiary/aromatic N) is 3. The first-order chi connectivity index (χ1) is 6.40. The van der Waals surface area contributed by atoms with E-state index in [-0.39, 0.29) is 0 Å². The van der Waals surface area contributed by atoms with E-state index in [1.54, 1.807) is 11.3 Å². The van der Waals surface area contributed by atoms with Crippen LogP contribution in [0.2, 0.25) is 0 Å². The van der Waals surface area contributed by atoms with Gasteiger partial charge in [-0.15, -0.1) is 21.5 Å². The van der Waals surface area contributed by atoms with Crippen molar-refractivity contribution in [2.45, 2.75) is 25.3 Å². The van der Waals surface area contributed by atoms with Crippen molar-refractivity contribution in [3.8, 4) is 0 Å². The molecule has 1 aliphatic rings. The highest BCUT2D eigenvalue weighted by Gasteiger charge is 2.29. The SMILES string of the molecule is NCc1csc2nnc(C3CC3)n12. The number of rotatable bonds is 2. The zero-order chi connectivity index (χ0) is 8.84. The fraction of sp³-hybridized carbons (Fsp3) is 0.500. The molecule has 0 radical (unpaired) electrons. The lowest BCUT2D eigenvalue weighted by Crippen LogP contribution is -2.02. The van der Waals surface area contributed by atoms with Crippen molar-refractivity contribution in [2.75, 3.05) is 0 Å². The Balaban J connectivity index is 2.26. The minimum absolute atomic E-state index is 0.567. The van der Waals surface area contributed by atoms with Gasteiger partial charge in [0.25, 0.3) is 0 Å². The van der Waals surface area contributed by atoms with Crippen molar-refractivity contribution < 1.29 is 0 Å². The first-order valence-electron chi connectivity index (χ1n) is 4.41. The van der Waals surface area contributed by atoms with E-state index in [0.29, 0.717) is 12.5 Å². The van der Waals surface area contributed by atoms with Gasteiger partial charge in [0.2, 0.25) is 4.96 Å². The molecule has 68 valence electrons. The Morgan fingerprint density at radius 3 is 3.08 bits per heavy atom. The molecule has 0 atom stereocenters. The minimum atomic E-state index is 0.567. The Bertz CT molecular complexity index is 440. The highest BCUT2D eigenvalue weighted by atomic mass is 32.1. The molecule has 0 saturated heterocycles. The Kier molecular flexibility index (Phi) is 1.45. The molecular formula is C8H10N4S. The fourth-order valence-electron chi connectivity index (χ4n) is 1.55. The van der Waals surface area contributed by atoms with Gasteiger partial charge in [-0.1, -0.05) is 0 Å². The average molecular weight is 194 g/mol. The molecule has 0 bridgehead atoms. The third kappa shape index (κ3) is 1.00. The van der Waals surface area contributed by atoms with Crippen LogP contribution in [0.25, 0.3) is 4.96 Å². The molecule has 1 aliphatic carbocycles. The molecule has 0 amide bonds. The molecule has 3 rings (SSSR count). The smallest absolute Gasteiger partial charge is 0.216 e. The topological polar surface area (TPSA) is 56.2 Å². The van der Waals surface area contributed by atoms with Crippen molar-refractivity contribution in [1.82, 2.24) is 14.6 Å². The van der Waals surface area contributed by atoms with Crippen LogP contribution >= 0.6 is 11.3 Å². The highest BCUT2D eigenvalue weighted by Crippen LogP contribution is 2.39. The number of hydrogen-bond donors (Lipinski definition) is 1. The third-order valence-electron chi connectivity index (χ3n) is 2.40. The van der Waals surface area contributed by atoms with Gasteiger partial charge in [0.05, 0.1) is 5.69 Å².